The van der Waals surface area contributed by atoms with E-state index < -0.39 is 0 Å². The Bertz CT molecular complexity index is 742. The molecule has 1 aromatic carbocycles. The molecular formula is C20H25N3O3. The zero-order valence-electron chi connectivity index (χ0n) is 15.1. The fourth-order valence-electron chi connectivity index (χ4n) is 3.29. The molecule has 3 rings (SSSR count). The number of amides is 2. The van der Waals surface area contributed by atoms with Crippen LogP contribution in [0, 0.1) is 12.8 Å². The van der Waals surface area contributed by atoms with Crippen LogP contribution in [-0.2, 0) is 22.6 Å². The van der Waals surface area contributed by atoms with E-state index in [0.29, 0.717) is 38.2 Å². The van der Waals surface area contributed by atoms with E-state index >= 15 is 0 Å². The number of likely N-dealkylation sites (tertiary alicyclic amines) is 1. The lowest BCUT2D eigenvalue weighted by atomic mass is 9.96. The van der Waals surface area contributed by atoms with E-state index in [1.807, 2.05) is 30.0 Å². The molecule has 6 heteroatoms. The summed E-state index contributed by atoms with van der Waals surface area (Å²) >= 11 is 0. The lowest BCUT2D eigenvalue weighted by molar-refractivity contribution is -0.138. The van der Waals surface area contributed by atoms with Gasteiger partial charge in [-0.1, -0.05) is 35.5 Å². The van der Waals surface area contributed by atoms with Crippen LogP contribution in [0.3, 0.4) is 0 Å². The molecule has 2 amide bonds. The van der Waals surface area contributed by atoms with Crippen LogP contribution < -0.4 is 5.32 Å². The van der Waals surface area contributed by atoms with Crippen LogP contribution >= 0.6 is 0 Å². The van der Waals surface area contributed by atoms with Crippen LogP contribution in [0.2, 0.25) is 0 Å². The van der Waals surface area contributed by atoms with Crippen molar-refractivity contribution >= 4 is 11.8 Å². The number of hydrogen-bond donors (Lipinski definition) is 1. The summed E-state index contributed by atoms with van der Waals surface area (Å²) < 4.78 is 5.00. The summed E-state index contributed by atoms with van der Waals surface area (Å²) in [5.74, 6) is 0.694. The van der Waals surface area contributed by atoms with Crippen molar-refractivity contribution in [1.29, 1.82) is 0 Å². The number of nitrogens with one attached hydrogen (secondary N) is 1. The van der Waals surface area contributed by atoms with E-state index in [4.69, 9.17) is 4.52 Å². The second-order valence-corrected chi connectivity index (χ2v) is 6.81. The number of hydrogen-bond acceptors (Lipinski definition) is 4. The first-order chi connectivity index (χ1) is 12.6. The smallest absolute Gasteiger partial charge is 0.225 e. The third kappa shape index (κ3) is 4.94. The Labute approximate surface area is 153 Å². The fraction of sp³-hybridized carbons (Fsp3) is 0.450. The van der Waals surface area contributed by atoms with Crippen LogP contribution in [-0.4, -0.2) is 35.0 Å². The van der Waals surface area contributed by atoms with Gasteiger partial charge in [0.2, 0.25) is 11.8 Å². The van der Waals surface area contributed by atoms with Crippen molar-refractivity contribution < 1.29 is 14.1 Å². The first-order valence-corrected chi connectivity index (χ1v) is 9.13. The third-order valence-corrected chi connectivity index (χ3v) is 4.73. The Hall–Kier alpha value is -2.63. The molecule has 2 heterocycles. The summed E-state index contributed by atoms with van der Waals surface area (Å²) in [6, 6.07) is 12.1. The Morgan fingerprint density at radius 3 is 2.88 bits per heavy atom. The van der Waals surface area contributed by atoms with E-state index in [9.17, 15) is 9.59 Å². The molecule has 2 aromatic rings. The van der Waals surface area contributed by atoms with Gasteiger partial charge in [0.25, 0.3) is 0 Å². The molecule has 1 atom stereocenters. The topological polar surface area (TPSA) is 75.4 Å². The van der Waals surface area contributed by atoms with Crippen molar-refractivity contribution in [2.24, 2.45) is 5.92 Å². The van der Waals surface area contributed by atoms with Gasteiger partial charge in [-0.05, 0) is 31.7 Å². The number of carbonyl (C=O) groups is 2. The molecule has 1 aromatic heterocycles. The van der Waals surface area contributed by atoms with Crippen molar-refractivity contribution in [3.63, 3.8) is 0 Å². The van der Waals surface area contributed by atoms with Crippen molar-refractivity contribution in [2.45, 2.75) is 39.2 Å². The van der Waals surface area contributed by atoms with Crippen molar-refractivity contribution in [3.8, 4) is 0 Å². The van der Waals surface area contributed by atoms with Crippen molar-refractivity contribution in [2.75, 3.05) is 13.1 Å². The molecular weight excluding hydrogens is 330 g/mol. The number of benzene rings is 1. The number of aromatic nitrogens is 1. The molecule has 0 aliphatic carbocycles. The van der Waals surface area contributed by atoms with Crippen molar-refractivity contribution in [1.82, 2.24) is 15.4 Å². The molecule has 1 fully saturated rings. The lowest BCUT2D eigenvalue weighted by Crippen LogP contribution is -2.46. The van der Waals surface area contributed by atoms with Gasteiger partial charge >= 0.3 is 0 Å². The zero-order valence-corrected chi connectivity index (χ0v) is 15.1. The SMILES string of the molecule is Cc1cc(CNC(=O)C2CCC(=O)N(CCCc3ccccc3)C2)no1. The maximum absolute atomic E-state index is 12.4. The number of nitrogens with zero attached hydrogens (tertiary/aromatic N) is 2. The minimum absolute atomic E-state index is 0.0220. The predicted octanol–water partition coefficient (Wildman–Crippen LogP) is 2.47. The van der Waals surface area contributed by atoms with Crippen molar-refractivity contribution in [3.05, 3.63) is 53.4 Å². The number of rotatable bonds is 7. The molecule has 6 nitrogen and oxygen atoms in total. The number of aryl methyl sites for hydroxylation is 2. The van der Waals surface area contributed by atoms with E-state index in [1.165, 1.54) is 5.56 Å². The van der Waals surface area contributed by atoms with Crippen LogP contribution in [0.25, 0.3) is 0 Å². The molecule has 1 aliphatic rings. The summed E-state index contributed by atoms with van der Waals surface area (Å²) in [7, 11) is 0. The second kappa shape index (κ2) is 8.65. The molecule has 26 heavy (non-hydrogen) atoms. The van der Waals surface area contributed by atoms with Gasteiger partial charge in [0.05, 0.1) is 12.5 Å². The monoisotopic (exact) mass is 355 g/mol. The van der Waals surface area contributed by atoms with E-state index in [1.54, 1.807) is 6.07 Å². The molecule has 0 saturated carbocycles. The highest BCUT2D eigenvalue weighted by Gasteiger charge is 2.29. The molecule has 138 valence electrons. The average molecular weight is 355 g/mol. The predicted molar refractivity (Wildman–Crippen MR) is 97.2 cm³/mol. The van der Waals surface area contributed by atoms with Gasteiger partial charge < -0.3 is 14.7 Å². The Balaban J connectivity index is 1.45. The highest BCUT2D eigenvalue weighted by Crippen LogP contribution is 2.19. The number of piperidine rings is 1. The molecule has 1 saturated heterocycles. The molecule has 0 bridgehead atoms. The first-order valence-electron chi connectivity index (χ1n) is 9.13. The van der Waals surface area contributed by atoms with E-state index in [-0.39, 0.29) is 17.7 Å². The summed E-state index contributed by atoms with van der Waals surface area (Å²) in [6.07, 6.45) is 2.89. The van der Waals surface area contributed by atoms with Crippen LogP contribution in [0.1, 0.15) is 36.3 Å². The second-order valence-electron chi connectivity index (χ2n) is 6.81. The lowest BCUT2D eigenvalue weighted by Gasteiger charge is -2.32. The maximum Gasteiger partial charge on any atom is 0.225 e. The maximum atomic E-state index is 12.4. The Kier molecular flexibility index (Phi) is 6.04. The highest BCUT2D eigenvalue weighted by atomic mass is 16.5. The summed E-state index contributed by atoms with van der Waals surface area (Å²) in [5.41, 5.74) is 1.98. The van der Waals surface area contributed by atoms with Gasteiger partial charge in [0.15, 0.2) is 0 Å². The zero-order chi connectivity index (χ0) is 18.4. The molecule has 0 spiro atoms. The minimum atomic E-state index is -0.155. The van der Waals surface area contributed by atoms with E-state index in [2.05, 4.69) is 22.6 Å². The Morgan fingerprint density at radius 1 is 1.35 bits per heavy atom. The first kappa shape index (κ1) is 18.2. The molecule has 1 N–H and O–H groups in total. The van der Waals surface area contributed by atoms with Gasteiger partial charge in [-0.25, -0.2) is 0 Å². The summed E-state index contributed by atoms with van der Waals surface area (Å²) in [6.45, 7) is 3.37. The van der Waals surface area contributed by atoms with Gasteiger partial charge in [0, 0.05) is 25.6 Å². The molecule has 0 radical (unpaired) electrons. The molecule has 1 unspecified atom stereocenters. The average Bonchev–Trinajstić information content (AvgIpc) is 3.07. The van der Waals surface area contributed by atoms with Gasteiger partial charge in [-0.15, -0.1) is 0 Å². The van der Waals surface area contributed by atoms with Crippen LogP contribution in [0.5, 0.6) is 0 Å². The van der Waals surface area contributed by atoms with Gasteiger partial charge in [-0.3, -0.25) is 9.59 Å². The van der Waals surface area contributed by atoms with Crippen LogP contribution in [0.4, 0.5) is 0 Å². The number of carbonyl (C=O) groups excluding carboxylic acids is 2. The largest absolute Gasteiger partial charge is 0.361 e. The quantitative estimate of drug-likeness (QED) is 0.828. The summed E-state index contributed by atoms with van der Waals surface area (Å²) in [4.78, 5) is 26.4. The molecule has 1 aliphatic heterocycles. The standard InChI is InChI=1S/C20H25N3O3/c1-15-12-18(22-26-15)13-21-20(25)17-9-10-19(24)23(14-17)11-5-8-16-6-3-2-4-7-16/h2-4,6-7,12,17H,5,8-11,13-14H2,1H3,(H,21,25). The van der Waals surface area contributed by atoms with E-state index in [0.717, 1.165) is 18.6 Å². The highest BCUT2D eigenvalue weighted by molar-refractivity contribution is 5.83. The third-order valence-electron chi connectivity index (χ3n) is 4.73. The Morgan fingerprint density at radius 2 is 2.15 bits per heavy atom. The van der Waals surface area contributed by atoms with Gasteiger partial charge in [0.1, 0.15) is 11.5 Å². The van der Waals surface area contributed by atoms with Crippen LogP contribution in [0.15, 0.2) is 40.9 Å². The van der Waals surface area contributed by atoms with Gasteiger partial charge in [-0.2, -0.15) is 0 Å². The fourth-order valence-corrected chi connectivity index (χ4v) is 3.29. The normalized spacial score (nSPS) is 17.3. The minimum Gasteiger partial charge on any atom is -0.361 e. The summed E-state index contributed by atoms with van der Waals surface area (Å²) in [5, 5.41) is 6.77.